The molecule has 0 aromatic heterocycles. The molecule has 0 spiro atoms. The van der Waals surface area contributed by atoms with E-state index in [1.807, 2.05) is 11.8 Å². The molecule has 11 nitrogen and oxygen atoms in total. The summed E-state index contributed by atoms with van der Waals surface area (Å²) in [6.07, 6.45) is 2.75. The van der Waals surface area contributed by atoms with E-state index in [0.717, 1.165) is 24.9 Å². The molecule has 2 aliphatic rings. The fourth-order valence-corrected chi connectivity index (χ4v) is 6.23. The van der Waals surface area contributed by atoms with Crippen LogP contribution in [0, 0.1) is 26.7 Å². The molecule has 48 heavy (non-hydrogen) atoms. The average molecular weight is 723 g/mol. The Morgan fingerprint density at radius 2 is 1.58 bits per heavy atom. The number of nitrogens with zero attached hydrogens (tertiary/aromatic N) is 1. The van der Waals surface area contributed by atoms with E-state index in [0.29, 0.717) is 46.6 Å². The fourth-order valence-electron chi connectivity index (χ4n) is 5.53. The Balaban J connectivity index is 0.000000968. The molecule has 1 saturated carbocycles. The third-order valence-electron chi connectivity index (χ3n) is 8.30. The Hall–Kier alpha value is -3.39. The molecule has 2 amide bonds. The van der Waals surface area contributed by atoms with Crippen LogP contribution in [0.15, 0.2) is 54.6 Å². The summed E-state index contributed by atoms with van der Waals surface area (Å²) in [4.78, 5) is 29.2. The molecule has 3 aromatic carbocycles. The van der Waals surface area contributed by atoms with Crippen LogP contribution < -0.4 is 20.1 Å². The van der Waals surface area contributed by atoms with Crippen LogP contribution >= 0.6 is 23.2 Å². The molecule has 1 unspecified atom stereocenters. The van der Waals surface area contributed by atoms with E-state index in [-0.39, 0.29) is 43.0 Å². The Morgan fingerprint density at radius 3 is 2.21 bits per heavy atom. The summed E-state index contributed by atoms with van der Waals surface area (Å²) in [5.41, 5.74) is 5.11. The fraction of sp³-hybridized carbons (Fsp3) is 0.412. The zero-order chi connectivity index (χ0) is 35.0. The number of amides is 2. The maximum absolute atomic E-state index is 13.9. The number of carbonyl (C=O) groups excluding carboxylic acids is 2. The van der Waals surface area contributed by atoms with Crippen molar-refractivity contribution >= 4 is 45.4 Å². The van der Waals surface area contributed by atoms with E-state index in [1.165, 1.54) is 16.7 Å². The molecular formula is C34H41Cl2N3O8S. The van der Waals surface area contributed by atoms with Gasteiger partial charge in [0.1, 0.15) is 19.0 Å². The first-order valence-electron chi connectivity index (χ1n) is 15.6. The van der Waals surface area contributed by atoms with Gasteiger partial charge in [0, 0.05) is 30.7 Å². The zero-order valence-electron chi connectivity index (χ0n) is 27.0. The molecule has 2 atom stereocenters. The van der Waals surface area contributed by atoms with Gasteiger partial charge in [0.05, 0.1) is 16.0 Å². The lowest BCUT2D eigenvalue weighted by Gasteiger charge is -2.36. The first-order chi connectivity index (χ1) is 22.7. The highest BCUT2D eigenvalue weighted by atomic mass is 35.5. The van der Waals surface area contributed by atoms with Gasteiger partial charge in [0.2, 0.25) is 5.91 Å². The minimum Gasteiger partial charge on any atom is -0.490 e. The van der Waals surface area contributed by atoms with Crippen LogP contribution in [0.1, 0.15) is 51.9 Å². The van der Waals surface area contributed by atoms with Crippen LogP contribution in [0.4, 0.5) is 0 Å². The van der Waals surface area contributed by atoms with Crippen molar-refractivity contribution in [2.24, 2.45) is 5.92 Å². The molecule has 5 rings (SSSR count). The predicted octanol–water partition coefficient (Wildman–Crippen LogP) is 5.62. The van der Waals surface area contributed by atoms with Crippen LogP contribution in [0.3, 0.4) is 0 Å². The highest BCUT2D eigenvalue weighted by molar-refractivity contribution is 7.79. The Bertz CT molecular complexity index is 1670. The molecule has 4 N–H and O–H groups in total. The van der Waals surface area contributed by atoms with E-state index in [2.05, 4.69) is 42.7 Å². The van der Waals surface area contributed by atoms with E-state index in [1.54, 1.807) is 36.4 Å². The highest BCUT2D eigenvalue weighted by Gasteiger charge is 2.40. The normalized spacial score (nSPS) is 17.5. The minimum absolute atomic E-state index is 0.111. The molecule has 14 heteroatoms. The molecule has 1 aliphatic carbocycles. The van der Waals surface area contributed by atoms with E-state index >= 15 is 0 Å². The average Bonchev–Trinajstić information content (AvgIpc) is 3.86. The monoisotopic (exact) mass is 721 g/mol. The third kappa shape index (κ3) is 11.1. The summed E-state index contributed by atoms with van der Waals surface area (Å²) in [7, 11) is -4.67. The number of nitrogens with one attached hydrogen (secondary N) is 2. The molecule has 1 heterocycles. The van der Waals surface area contributed by atoms with Crippen molar-refractivity contribution in [1.82, 2.24) is 15.5 Å². The van der Waals surface area contributed by atoms with Gasteiger partial charge in [-0.3, -0.25) is 18.7 Å². The van der Waals surface area contributed by atoms with Gasteiger partial charge in [-0.05, 0) is 105 Å². The van der Waals surface area contributed by atoms with Crippen molar-refractivity contribution in [2.75, 3.05) is 26.3 Å². The van der Waals surface area contributed by atoms with Crippen LogP contribution in [0.2, 0.25) is 10.0 Å². The number of ether oxygens (including phenoxy) is 2. The Kier molecular flexibility index (Phi) is 13.1. The van der Waals surface area contributed by atoms with E-state index < -0.39 is 10.4 Å². The summed E-state index contributed by atoms with van der Waals surface area (Å²) in [6, 6.07) is 16.9. The largest absolute Gasteiger partial charge is 0.490 e. The first kappa shape index (κ1) is 37.4. The third-order valence-corrected chi connectivity index (χ3v) is 8.86. The summed E-state index contributed by atoms with van der Waals surface area (Å²) in [5, 5.41) is 7.44. The zero-order valence-corrected chi connectivity index (χ0v) is 29.4. The van der Waals surface area contributed by atoms with Crippen LogP contribution in [-0.4, -0.2) is 72.6 Å². The van der Waals surface area contributed by atoms with Gasteiger partial charge in [-0.15, -0.1) is 0 Å². The molecular weight excluding hydrogens is 681 g/mol. The lowest BCUT2D eigenvalue weighted by Crippen LogP contribution is -2.55. The molecule has 2 fully saturated rings. The second-order valence-corrected chi connectivity index (χ2v) is 13.7. The summed E-state index contributed by atoms with van der Waals surface area (Å²) in [5.74, 6) is 0.643. The summed E-state index contributed by atoms with van der Waals surface area (Å²) >= 11 is 12.5. The SMILES string of the molecule is Cc1cc(Cl)c(OCCOc2ccc(C(=O)N[C@H]3CCNCC3C(=O)N(Cc3cccc(C)c3C)C3CC3)cc2)c(Cl)c1.O=S(=O)(O)O. The lowest BCUT2D eigenvalue weighted by atomic mass is 9.91. The van der Waals surface area contributed by atoms with Crippen molar-refractivity contribution in [2.45, 2.75) is 58.7 Å². The highest BCUT2D eigenvalue weighted by Crippen LogP contribution is 2.34. The number of piperidine rings is 1. The smallest absolute Gasteiger partial charge is 0.394 e. The number of aryl methyl sites for hydroxylation is 2. The number of carbonyl (C=O) groups is 2. The van der Waals surface area contributed by atoms with Crippen LogP contribution in [0.5, 0.6) is 11.5 Å². The van der Waals surface area contributed by atoms with Crippen molar-refractivity contribution in [1.29, 1.82) is 0 Å². The summed E-state index contributed by atoms with van der Waals surface area (Å²) in [6.45, 7) is 8.58. The van der Waals surface area contributed by atoms with Gasteiger partial charge in [-0.1, -0.05) is 41.4 Å². The maximum atomic E-state index is 13.9. The van der Waals surface area contributed by atoms with Gasteiger partial charge in [0.25, 0.3) is 5.91 Å². The predicted molar refractivity (Wildman–Crippen MR) is 185 cm³/mol. The van der Waals surface area contributed by atoms with Gasteiger partial charge in [0.15, 0.2) is 5.75 Å². The van der Waals surface area contributed by atoms with Crippen molar-refractivity contribution in [3.8, 4) is 11.5 Å². The van der Waals surface area contributed by atoms with Gasteiger partial charge in [-0.2, -0.15) is 8.42 Å². The number of halogens is 2. The maximum Gasteiger partial charge on any atom is 0.394 e. The van der Waals surface area contributed by atoms with Gasteiger partial charge < -0.3 is 25.0 Å². The summed E-state index contributed by atoms with van der Waals surface area (Å²) < 4.78 is 43.1. The number of benzene rings is 3. The molecule has 260 valence electrons. The second kappa shape index (κ2) is 16.8. The van der Waals surface area contributed by atoms with Crippen molar-refractivity contribution < 1.29 is 36.6 Å². The van der Waals surface area contributed by atoms with Crippen LogP contribution in [0.25, 0.3) is 0 Å². The van der Waals surface area contributed by atoms with E-state index in [4.69, 9.17) is 50.2 Å². The van der Waals surface area contributed by atoms with Crippen molar-refractivity contribution in [3.05, 3.63) is 92.5 Å². The van der Waals surface area contributed by atoms with Gasteiger partial charge >= 0.3 is 10.4 Å². The van der Waals surface area contributed by atoms with E-state index in [9.17, 15) is 9.59 Å². The topological polar surface area (TPSA) is 154 Å². The first-order valence-corrected chi connectivity index (χ1v) is 17.7. The molecule has 0 radical (unpaired) electrons. The quantitative estimate of drug-likeness (QED) is 0.146. The lowest BCUT2D eigenvalue weighted by molar-refractivity contribution is -0.138. The van der Waals surface area contributed by atoms with Gasteiger partial charge in [-0.25, -0.2) is 0 Å². The number of hydrogen-bond acceptors (Lipinski definition) is 7. The Labute approximate surface area is 291 Å². The molecule has 1 aliphatic heterocycles. The molecule has 3 aromatic rings. The Morgan fingerprint density at radius 1 is 0.958 bits per heavy atom. The molecule has 0 bridgehead atoms. The molecule has 1 saturated heterocycles. The second-order valence-electron chi connectivity index (χ2n) is 12.0. The number of rotatable bonds is 11. The standard InChI is InChI=1S/C34H39Cl2N3O4.H2O4S/c1-21-17-29(35)32(30(36)18-21)43-16-15-42-27-11-7-24(8-12-27)33(40)38-31-13-14-37-19-28(31)34(41)39(26-9-10-26)20-25-6-4-5-22(2)23(25)3;1-5(2,3)4/h4-8,11-12,17-18,26,28,31,37H,9-10,13-16,19-20H2,1-3H3,(H,38,40);(H2,1,2,3,4)/t28?,31-;/m0./s1. The minimum atomic E-state index is -4.67. The van der Waals surface area contributed by atoms with Crippen molar-refractivity contribution in [3.63, 3.8) is 0 Å². The number of hydrogen-bond donors (Lipinski definition) is 4. The van der Waals surface area contributed by atoms with Crippen LogP contribution in [-0.2, 0) is 21.7 Å².